The van der Waals surface area contributed by atoms with E-state index in [2.05, 4.69) is 15.9 Å². The Bertz CT molecular complexity index is 542. The number of hydrogen-bond donors (Lipinski definition) is 1. The minimum Gasteiger partial charge on any atom is -0.488 e. The maximum absolute atomic E-state index is 5.97. The highest BCUT2D eigenvalue weighted by Gasteiger charge is 2.09. The molecule has 0 saturated heterocycles. The lowest BCUT2D eigenvalue weighted by molar-refractivity contribution is 0.305. The predicted molar refractivity (Wildman–Crippen MR) is 80.4 cm³/mol. The van der Waals surface area contributed by atoms with Gasteiger partial charge >= 0.3 is 0 Å². The highest BCUT2D eigenvalue weighted by Crippen LogP contribution is 2.29. The second kappa shape index (κ2) is 6.06. The van der Waals surface area contributed by atoms with E-state index in [-0.39, 0.29) is 6.04 Å². The van der Waals surface area contributed by atoms with E-state index in [0.29, 0.717) is 11.6 Å². The molecule has 1 heterocycles. The molecule has 1 atom stereocenters. The van der Waals surface area contributed by atoms with Crippen molar-refractivity contribution < 1.29 is 4.74 Å². The Balaban J connectivity index is 2.13. The third kappa shape index (κ3) is 3.48. The number of rotatable bonds is 4. The average Bonchev–Trinajstić information content (AvgIpc) is 2.73. The molecule has 1 aromatic carbocycles. The van der Waals surface area contributed by atoms with Crippen LogP contribution >= 0.6 is 38.9 Å². The number of thiophene rings is 1. The summed E-state index contributed by atoms with van der Waals surface area (Å²) in [5.41, 5.74) is 6.84. The third-order valence-electron chi connectivity index (χ3n) is 2.45. The lowest BCUT2D eigenvalue weighted by Crippen LogP contribution is -2.07. The molecule has 0 spiro atoms. The summed E-state index contributed by atoms with van der Waals surface area (Å²) in [6.45, 7) is 2.46. The molecule has 18 heavy (non-hydrogen) atoms. The van der Waals surface area contributed by atoms with E-state index in [1.807, 2.05) is 36.6 Å². The molecule has 0 aliphatic heterocycles. The summed E-state index contributed by atoms with van der Waals surface area (Å²) < 4.78 is 6.88. The number of hydrogen-bond acceptors (Lipinski definition) is 3. The van der Waals surface area contributed by atoms with Crippen molar-refractivity contribution in [2.24, 2.45) is 5.73 Å². The third-order valence-corrected chi connectivity index (χ3v) is 4.36. The van der Waals surface area contributed by atoms with Crippen LogP contribution < -0.4 is 10.5 Å². The predicted octanol–water partition coefficient (Wildman–Crippen LogP) is 4.76. The monoisotopic (exact) mass is 345 g/mol. The van der Waals surface area contributed by atoms with Crippen molar-refractivity contribution >= 4 is 38.9 Å². The van der Waals surface area contributed by atoms with Gasteiger partial charge in [-0.2, -0.15) is 0 Å². The van der Waals surface area contributed by atoms with Crippen molar-refractivity contribution in [2.75, 3.05) is 0 Å². The molecular formula is C13H13BrClNOS. The fourth-order valence-electron chi connectivity index (χ4n) is 1.58. The Hall–Kier alpha value is -0.550. The van der Waals surface area contributed by atoms with E-state index in [4.69, 9.17) is 22.1 Å². The van der Waals surface area contributed by atoms with Gasteiger partial charge in [-0.15, -0.1) is 11.3 Å². The van der Waals surface area contributed by atoms with Gasteiger partial charge in [0.25, 0.3) is 0 Å². The van der Waals surface area contributed by atoms with Gasteiger partial charge in [-0.1, -0.05) is 11.6 Å². The van der Waals surface area contributed by atoms with E-state index in [1.54, 1.807) is 11.3 Å². The van der Waals surface area contributed by atoms with Crippen LogP contribution in [0.25, 0.3) is 0 Å². The molecule has 0 saturated carbocycles. The van der Waals surface area contributed by atoms with E-state index < -0.39 is 0 Å². The molecule has 0 aliphatic rings. The van der Waals surface area contributed by atoms with Gasteiger partial charge in [-0.25, -0.2) is 0 Å². The molecule has 0 radical (unpaired) electrons. The first-order chi connectivity index (χ1) is 8.56. The summed E-state index contributed by atoms with van der Waals surface area (Å²) in [6, 6.07) is 7.48. The molecule has 0 amide bonds. The second-order valence-electron chi connectivity index (χ2n) is 3.99. The summed E-state index contributed by atoms with van der Waals surface area (Å²) in [5, 5.41) is 2.71. The lowest BCUT2D eigenvalue weighted by Gasteiger charge is -2.13. The maximum Gasteiger partial charge on any atom is 0.124 e. The largest absolute Gasteiger partial charge is 0.488 e. The molecule has 0 unspecified atom stereocenters. The quantitative estimate of drug-likeness (QED) is 0.866. The molecule has 5 heteroatoms. The Labute approximate surface area is 124 Å². The highest BCUT2D eigenvalue weighted by molar-refractivity contribution is 9.10. The topological polar surface area (TPSA) is 35.2 Å². The second-order valence-corrected chi connectivity index (χ2v) is 6.34. The SMILES string of the molecule is C[C@@H](N)c1cc(Cl)ccc1OCc1cc(Br)cs1. The number of nitrogens with two attached hydrogens (primary N) is 1. The first-order valence-electron chi connectivity index (χ1n) is 5.47. The fraction of sp³-hybridized carbons (Fsp3) is 0.231. The van der Waals surface area contributed by atoms with Crippen LogP contribution in [0.2, 0.25) is 5.02 Å². The first-order valence-corrected chi connectivity index (χ1v) is 7.52. The summed E-state index contributed by atoms with van der Waals surface area (Å²) >= 11 is 11.0. The van der Waals surface area contributed by atoms with Gasteiger partial charge < -0.3 is 10.5 Å². The molecule has 1 aromatic heterocycles. The molecule has 2 nitrogen and oxygen atoms in total. The highest BCUT2D eigenvalue weighted by atomic mass is 79.9. The molecule has 2 rings (SSSR count). The average molecular weight is 347 g/mol. The summed E-state index contributed by atoms with van der Waals surface area (Å²) in [6.07, 6.45) is 0. The van der Waals surface area contributed by atoms with Crippen LogP contribution in [0.1, 0.15) is 23.4 Å². The fourth-order valence-corrected chi connectivity index (χ4v) is 3.13. The van der Waals surface area contributed by atoms with Gasteiger partial charge in [0, 0.05) is 31.4 Å². The zero-order valence-corrected chi connectivity index (χ0v) is 13.0. The van der Waals surface area contributed by atoms with E-state index >= 15 is 0 Å². The van der Waals surface area contributed by atoms with Gasteiger partial charge in [0.2, 0.25) is 0 Å². The Morgan fingerprint density at radius 3 is 2.83 bits per heavy atom. The maximum atomic E-state index is 5.97. The Morgan fingerprint density at radius 2 is 2.22 bits per heavy atom. The minimum absolute atomic E-state index is 0.103. The smallest absolute Gasteiger partial charge is 0.124 e. The van der Waals surface area contributed by atoms with Gasteiger partial charge in [-0.05, 0) is 47.1 Å². The first kappa shape index (κ1) is 13.9. The molecule has 2 aromatic rings. The van der Waals surface area contributed by atoms with Crippen LogP contribution in [0.15, 0.2) is 34.1 Å². The van der Waals surface area contributed by atoms with Gasteiger partial charge in [0.15, 0.2) is 0 Å². The van der Waals surface area contributed by atoms with Crippen LogP contribution in [0.3, 0.4) is 0 Å². The van der Waals surface area contributed by atoms with Crippen LogP contribution in [0.5, 0.6) is 5.75 Å². The van der Waals surface area contributed by atoms with Crippen LogP contribution in [-0.2, 0) is 6.61 Å². The lowest BCUT2D eigenvalue weighted by atomic mass is 10.1. The molecule has 0 fully saturated rings. The standard InChI is InChI=1S/C13H13BrClNOS/c1-8(16)12-5-10(15)2-3-13(12)17-6-11-4-9(14)7-18-11/h2-5,7-8H,6,16H2,1H3/t8-/m1/s1. The number of halogens is 2. The zero-order chi connectivity index (χ0) is 13.1. The summed E-state index contributed by atoms with van der Waals surface area (Å²) in [4.78, 5) is 1.16. The molecular weight excluding hydrogens is 334 g/mol. The molecule has 0 bridgehead atoms. The molecule has 2 N–H and O–H groups in total. The summed E-state index contributed by atoms with van der Waals surface area (Å²) in [7, 11) is 0. The minimum atomic E-state index is -0.103. The van der Waals surface area contributed by atoms with Crippen molar-refractivity contribution in [3.05, 3.63) is 49.6 Å². The molecule has 96 valence electrons. The van der Waals surface area contributed by atoms with Gasteiger partial charge in [0.05, 0.1) is 0 Å². The molecule has 0 aliphatic carbocycles. The van der Waals surface area contributed by atoms with Crippen LogP contribution in [0.4, 0.5) is 0 Å². The van der Waals surface area contributed by atoms with Crippen molar-refractivity contribution in [1.29, 1.82) is 0 Å². The van der Waals surface area contributed by atoms with Crippen molar-refractivity contribution in [2.45, 2.75) is 19.6 Å². The van der Waals surface area contributed by atoms with E-state index in [1.165, 1.54) is 0 Å². The number of ether oxygens (including phenoxy) is 1. The number of benzene rings is 1. The van der Waals surface area contributed by atoms with Crippen molar-refractivity contribution in [3.63, 3.8) is 0 Å². The van der Waals surface area contributed by atoms with E-state index in [9.17, 15) is 0 Å². The Morgan fingerprint density at radius 1 is 1.44 bits per heavy atom. The van der Waals surface area contributed by atoms with Crippen molar-refractivity contribution in [1.82, 2.24) is 0 Å². The normalized spacial score (nSPS) is 12.4. The van der Waals surface area contributed by atoms with E-state index in [0.717, 1.165) is 20.7 Å². The van der Waals surface area contributed by atoms with Gasteiger partial charge in [0.1, 0.15) is 12.4 Å². The van der Waals surface area contributed by atoms with Gasteiger partial charge in [-0.3, -0.25) is 0 Å². The van der Waals surface area contributed by atoms with Crippen LogP contribution in [-0.4, -0.2) is 0 Å². The van der Waals surface area contributed by atoms with Crippen molar-refractivity contribution in [3.8, 4) is 5.75 Å². The van der Waals surface area contributed by atoms with Crippen LogP contribution in [0, 0.1) is 0 Å². The zero-order valence-electron chi connectivity index (χ0n) is 9.82. The Kier molecular flexibility index (Phi) is 4.67. The summed E-state index contributed by atoms with van der Waals surface area (Å²) in [5.74, 6) is 0.791.